The highest BCUT2D eigenvalue weighted by atomic mass is 32.1. The Morgan fingerprint density at radius 3 is 2.85 bits per heavy atom. The molecular weight excluding hydrogens is 354 g/mol. The van der Waals surface area contributed by atoms with E-state index in [-0.39, 0.29) is 0 Å². The number of rotatable bonds is 5. The van der Waals surface area contributed by atoms with Gasteiger partial charge < -0.3 is 10.2 Å². The van der Waals surface area contributed by atoms with Crippen LogP contribution in [0.5, 0.6) is 0 Å². The predicted octanol–water partition coefficient (Wildman–Crippen LogP) is 5.47. The van der Waals surface area contributed by atoms with Gasteiger partial charge in [-0.05, 0) is 54.3 Å². The lowest BCUT2D eigenvalue weighted by Gasteiger charge is -2.07. The van der Waals surface area contributed by atoms with E-state index in [0.29, 0.717) is 5.82 Å². The highest BCUT2D eigenvalue weighted by molar-refractivity contribution is 7.10. The summed E-state index contributed by atoms with van der Waals surface area (Å²) in [6.45, 7) is 10.4. The van der Waals surface area contributed by atoms with Crippen LogP contribution in [0.2, 0.25) is 0 Å². The molecule has 0 atom stereocenters. The molecule has 1 N–H and O–H groups in total. The minimum absolute atomic E-state index is 0.472. The van der Waals surface area contributed by atoms with Crippen molar-refractivity contribution in [1.29, 1.82) is 0 Å². The highest BCUT2D eigenvalue weighted by Crippen LogP contribution is 2.27. The van der Waals surface area contributed by atoms with E-state index >= 15 is 0 Å². The van der Waals surface area contributed by atoms with Crippen molar-refractivity contribution in [2.75, 3.05) is 5.32 Å². The molecule has 1 aromatic carbocycles. The van der Waals surface area contributed by atoms with Crippen molar-refractivity contribution in [2.24, 2.45) is 0 Å². The zero-order chi connectivity index (χ0) is 18.6. The largest absolute Gasteiger partial charge is 0.380 e. The normalized spacial score (nSPS) is 10.5. The summed E-state index contributed by atoms with van der Waals surface area (Å²) in [5.74, 6) is 0.472. The van der Waals surface area contributed by atoms with E-state index < -0.39 is 0 Å². The van der Waals surface area contributed by atoms with E-state index in [4.69, 9.17) is 6.57 Å². The van der Waals surface area contributed by atoms with E-state index in [9.17, 15) is 0 Å². The Morgan fingerprint density at radius 1 is 1.19 bits per heavy atom. The second-order valence-electron chi connectivity index (χ2n) is 6.08. The smallest absolute Gasteiger partial charge is 0.258 e. The summed E-state index contributed by atoms with van der Waals surface area (Å²) in [6, 6.07) is 15.7. The van der Waals surface area contributed by atoms with Crippen molar-refractivity contribution in [3.63, 3.8) is 0 Å². The molecule has 0 fully saturated rings. The zero-order valence-corrected chi connectivity index (χ0v) is 15.6. The lowest BCUT2D eigenvalue weighted by Crippen LogP contribution is -2.01. The molecule has 0 aliphatic carbocycles. The number of nitrogens with one attached hydrogen (secondary N) is 1. The van der Waals surface area contributed by atoms with Gasteiger partial charge in [0.15, 0.2) is 0 Å². The monoisotopic (exact) mass is 371 g/mol. The third kappa shape index (κ3) is 3.59. The van der Waals surface area contributed by atoms with Crippen molar-refractivity contribution < 1.29 is 0 Å². The fourth-order valence-corrected chi connectivity index (χ4v) is 3.66. The van der Waals surface area contributed by atoms with Crippen molar-refractivity contribution in [3.8, 4) is 16.9 Å². The topological polar surface area (TPSA) is 47.1 Å². The SMILES string of the molecule is [C-]#[N+]c1cc(-c2cccnc2)nn1-c1cccc(NCc2sccc2C)c1. The molecule has 132 valence electrons. The third-order valence-electron chi connectivity index (χ3n) is 4.27. The van der Waals surface area contributed by atoms with E-state index in [2.05, 4.69) is 38.6 Å². The van der Waals surface area contributed by atoms with E-state index in [1.54, 1.807) is 34.5 Å². The Morgan fingerprint density at radius 2 is 2.11 bits per heavy atom. The van der Waals surface area contributed by atoms with Gasteiger partial charge in [-0.2, -0.15) is 4.68 Å². The molecule has 0 saturated carbocycles. The van der Waals surface area contributed by atoms with Gasteiger partial charge in [0.25, 0.3) is 5.82 Å². The zero-order valence-electron chi connectivity index (χ0n) is 14.8. The third-order valence-corrected chi connectivity index (χ3v) is 5.30. The first-order chi connectivity index (χ1) is 13.2. The minimum Gasteiger partial charge on any atom is -0.380 e. The summed E-state index contributed by atoms with van der Waals surface area (Å²) in [4.78, 5) is 9.08. The van der Waals surface area contributed by atoms with E-state index in [0.717, 1.165) is 29.2 Å². The van der Waals surface area contributed by atoms with Crippen LogP contribution in [0.4, 0.5) is 11.5 Å². The molecule has 0 spiro atoms. The number of benzene rings is 1. The summed E-state index contributed by atoms with van der Waals surface area (Å²) in [5, 5.41) is 10.2. The molecule has 0 aliphatic heterocycles. The average Bonchev–Trinajstić information content (AvgIpc) is 3.33. The summed E-state index contributed by atoms with van der Waals surface area (Å²) in [6.07, 6.45) is 3.47. The second-order valence-corrected chi connectivity index (χ2v) is 7.08. The van der Waals surface area contributed by atoms with E-state index in [1.807, 2.05) is 36.4 Å². The van der Waals surface area contributed by atoms with Crippen LogP contribution in [0.3, 0.4) is 0 Å². The fraction of sp³-hybridized carbons (Fsp3) is 0.0952. The molecule has 3 heterocycles. The predicted molar refractivity (Wildman–Crippen MR) is 109 cm³/mol. The van der Waals surface area contributed by atoms with Crippen LogP contribution in [0.25, 0.3) is 21.8 Å². The summed E-state index contributed by atoms with van der Waals surface area (Å²) in [7, 11) is 0. The first-order valence-corrected chi connectivity index (χ1v) is 9.38. The maximum atomic E-state index is 7.50. The van der Waals surface area contributed by atoms with Crippen LogP contribution in [0.15, 0.2) is 66.3 Å². The van der Waals surface area contributed by atoms with Crippen LogP contribution in [-0.2, 0) is 6.54 Å². The van der Waals surface area contributed by atoms with Gasteiger partial charge >= 0.3 is 0 Å². The number of nitrogens with zero attached hydrogens (tertiary/aromatic N) is 4. The summed E-state index contributed by atoms with van der Waals surface area (Å²) >= 11 is 1.75. The standard InChI is InChI=1S/C21H17N5S/c1-15-8-10-27-20(15)14-24-17-6-3-7-18(11-17)26-21(22-2)12-19(25-26)16-5-4-9-23-13-16/h3-13,24H,14H2,1H3. The number of aromatic nitrogens is 3. The van der Waals surface area contributed by atoms with Crippen molar-refractivity contribution in [1.82, 2.24) is 14.8 Å². The second kappa shape index (κ2) is 7.44. The van der Waals surface area contributed by atoms with Gasteiger partial charge in [-0.1, -0.05) is 17.7 Å². The van der Waals surface area contributed by atoms with Gasteiger partial charge in [0.05, 0.1) is 0 Å². The lowest BCUT2D eigenvalue weighted by molar-refractivity contribution is 0.899. The first kappa shape index (κ1) is 17.0. The van der Waals surface area contributed by atoms with Crippen LogP contribution >= 0.6 is 11.3 Å². The molecular formula is C21H17N5S. The van der Waals surface area contributed by atoms with Crippen molar-refractivity contribution in [3.05, 3.63) is 88.2 Å². The number of hydrogen-bond donors (Lipinski definition) is 1. The summed E-state index contributed by atoms with van der Waals surface area (Å²) in [5.41, 5.74) is 4.77. The van der Waals surface area contributed by atoms with Crippen LogP contribution in [0.1, 0.15) is 10.4 Å². The molecule has 27 heavy (non-hydrogen) atoms. The minimum atomic E-state index is 0.472. The van der Waals surface area contributed by atoms with E-state index in [1.165, 1.54) is 10.4 Å². The van der Waals surface area contributed by atoms with Crippen LogP contribution in [-0.4, -0.2) is 14.8 Å². The number of anilines is 1. The van der Waals surface area contributed by atoms with Gasteiger partial charge in [0.1, 0.15) is 11.4 Å². The Bertz CT molecular complexity index is 1110. The van der Waals surface area contributed by atoms with Gasteiger partial charge in [0.2, 0.25) is 0 Å². The molecule has 0 unspecified atom stereocenters. The first-order valence-electron chi connectivity index (χ1n) is 8.50. The molecule has 0 aliphatic rings. The van der Waals surface area contributed by atoms with Gasteiger partial charge in [-0.25, -0.2) is 0 Å². The van der Waals surface area contributed by atoms with Gasteiger partial charge in [0, 0.05) is 41.1 Å². The average molecular weight is 371 g/mol. The Labute approximate surface area is 161 Å². The summed E-state index contributed by atoms with van der Waals surface area (Å²) < 4.78 is 1.68. The molecule has 0 bridgehead atoms. The number of hydrogen-bond acceptors (Lipinski definition) is 4. The molecule has 0 radical (unpaired) electrons. The van der Waals surface area contributed by atoms with Crippen molar-refractivity contribution >= 4 is 22.8 Å². The molecule has 3 aromatic heterocycles. The quantitative estimate of drug-likeness (QED) is 0.473. The molecule has 5 nitrogen and oxygen atoms in total. The van der Waals surface area contributed by atoms with Crippen molar-refractivity contribution in [2.45, 2.75) is 13.5 Å². The molecule has 4 aromatic rings. The maximum absolute atomic E-state index is 7.50. The number of thiophene rings is 1. The molecule has 0 saturated heterocycles. The molecule has 0 amide bonds. The lowest BCUT2D eigenvalue weighted by atomic mass is 10.2. The van der Waals surface area contributed by atoms with Gasteiger partial charge in [-0.3, -0.25) is 4.98 Å². The van der Waals surface area contributed by atoms with Gasteiger partial charge in [-0.15, -0.1) is 11.3 Å². The number of pyridine rings is 1. The molecule has 6 heteroatoms. The highest BCUT2D eigenvalue weighted by Gasteiger charge is 2.14. The Hall–Kier alpha value is -3.43. The molecule has 4 rings (SSSR count). The Balaban J connectivity index is 1.63. The van der Waals surface area contributed by atoms with Crippen LogP contribution < -0.4 is 5.32 Å². The number of aryl methyl sites for hydroxylation is 1. The Kier molecular flexibility index (Phi) is 4.69. The maximum Gasteiger partial charge on any atom is 0.258 e. The van der Waals surface area contributed by atoms with Crippen LogP contribution in [0, 0.1) is 13.5 Å². The fourth-order valence-electron chi connectivity index (χ4n) is 2.81.